The average molecular weight is 451 g/mol. The van der Waals surface area contributed by atoms with E-state index in [2.05, 4.69) is 9.71 Å². The molecule has 4 heterocycles. The molecule has 0 unspecified atom stereocenters. The van der Waals surface area contributed by atoms with E-state index in [1.54, 1.807) is 9.80 Å². The Morgan fingerprint density at radius 1 is 1.24 bits per heavy atom. The predicted octanol–water partition coefficient (Wildman–Crippen LogP) is 1.91. The fourth-order valence-corrected chi connectivity index (χ4v) is 7.82. The summed E-state index contributed by atoms with van der Waals surface area (Å²) < 4.78 is 63.7. The zero-order valence-electron chi connectivity index (χ0n) is 15.5. The minimum atomic E-state index is -4.39. The highest BCUT2D eigenvalue weighted by Crippen LogP contribution is 2.53. The predicted molar refractivity (Wildman–Crippen MR) is 98.8 cm³/mol. The molecule has 1 aromatic rings. The molecule has 0 atom stereocenters. The van der Waals surface area contributed by atoms with Gasteiger partial charge in [-0.15, -0.1) is 11.3 Å². The van der Waals surface area contributed by atoms with Crippen LogP contribution in [0.1, 0.15) is 30.0 Å². The van der Waals surface area contributed by atoms with Crippen molar-refractivity contribution >= 4 is 27.4 Å². The molecule has 29 heavy (non-hydrogen) atoms. The van der Waals surface area contributed by atoms with Crippen molar-refractivity contribution in [3.63, 3.8) is 0 Å². The van der Waals surface area contributed by atoms with Crippen molar-refractivity contribution in [1.82, 2.24) is 19.5 Å². The fraction of sp³-hybridized carbons (Fsp3) is 0.765. The molecule has 3 aliphatic heterocycles. The molecule has 5 rings (SSSR count). The highest BCUT2D eigenvalue weighted by Gasteiger charge is 2.57. The molecule has 12 heteroatoms. The number of hydrogen-bond acceptors (Lipinski definition) is 5. The molecule has 0 bridgehead atoms. The number of rotatable bonds is 2. The molecule has 2 spiro atoms. The molecule has 2 amide bonds. The largest absolute Gasteiger partial charge is 0.434 e. The number of sulfonamides is 1. The first-order valence-electron chi connectivity index (χ1n) is 9.54. The van der Waals surface area contributed by atoms with Crippen LogP contribution < -0.4 is 4.72 Å². The zero-order valence-corrected chi connectivity index (χ0v) is 17.2. The van der Waals surface area contributed by atoms with E-state index in [9.17, 15) is 26.4 Å². The number of likely N-dealkylation sites (tertiary alicyclic amines) is 2. The van der Waals surface area contributed by atoms with Gasteiger partial charge in [-0.1, -0.05) is 0 Å². The van der Waals surface area contributed by atoms with Gasteiger partial charge in [0.25, 0.3) is 0 Å². The highest BCUT2D eigenvalue weighted by molar-refractivity contribution is 7.89. The molecule has 1 saturated carbocycles. The number of nitrogens with zero attached hydrogens (tertiary/aromatic N) is 3. The van der Waals surface area contributed by atoms with Crippen molar-refractivity contribution in [3.05, 3.63) is 16.1 Å². The van der Waals surface area contributed by atoms with E-state index in [1.165, 1.54) is 0 Å². The Kier molecular flexibility index (Phi) is 4.09. The number of thiazole rings is 1. The Bertz CT molecular complexity index is 941. The van der Waals surface area contributed by atoms with Gasteiger partial charge in [-0.3, -0.25) is 0 Å². The van der Waals surface area contributed by atoms with Gasteiger partial charge in [-0.25, -0.2) is 22.9 Å². The molecule has 160 valence electrons. The van der Waals surface area contributed by atoms with Gasteiger partial charge in [-0.05, 0) is 25.2 Å². The van der Waals surface area contributed by atoms with E-state index < -0.39 is 27.4 Å². The van der Waals surface area contributed by atoms with Crippen molar-refractivity contribution < 1.29 is 26.4 Å². The van der Waals surface area contributed by atoms with Crippen LogP contribution in [0.4, 0.5) is 18.0 Å². The third-order valence-corrected chi connectivity index (χ3v) is 8.91. The highest BCUT2D eigenvalue weighted by atomic mass is 32.2. The Balaban J connectivity index is 1.07. The standard InChI is InChI=1S/C17H21F3N4O3S2/c18-17(19,20)12-6-28-13(21-12)3-11-4-15(5-11)7-23(8-15)14(25)24-9-16(10-24)1-2-29(26,27)22-16/h6,11,22H,1-5,7-10H2. The average Bonchev–Trinajstić information content (AvgIpc) is 3.10. The van der Waals surface area contributed by atoms with Crippen LogP contribution in [0.25, 0.3) is 0 Å². The first-order valence-corrected chi connectivity index (χ1v) is 12.1. The number of aromatic nitrogens is 1. The number of hydrogen-bond donors (Lipinski definition) is 1. The normalized spacial score (nSPS) is 27.0. The molecular weight excluding hydrogens is 429 g/mol. The minimum absolute atomic E-state index is 0.0504. The summed E-state index contributed by atoms with van der Waals surface area (Å²) in [5.74, 6) is 0.437. The number of nitrogens with one attached hydrogen (secondary N) is 1. The summed E-state index contributed by atoms with van der Waals surface area (Å²) in [5, 5.41) is 1.59. The molecule has 0 radical (unpaired) electrons. The molecular formula is C17H21F3N4O3S2. The SMILES string of the molecule is O=C(N1CC2(CC(Cc3nc(C(F)(F)F)cs3)C2)C1)N1CC2(CCS(=O)(=O)N2)C1. The van der Waals surface area contributed by atoms with Crippen molar-refractivity contribution in [2.24, 2.45) is 11.3 Å². The van der Waals surface area contributed by atoms with Gasteiger partial charge in [0, 0.05) is 43.4 Å². The van der Waals surface area contributed by atoms with Crippen molar-refractivity contribution in [1.29, 1.82) is 0 Å². The third kappa shape index (κ3) is 3.42. The molecule has 1 aromatic heterocycles. The van der Waals surface area contributed by atoms with Crippen LogP contribution in [-0.2, 0) is 22.6 Å². The van der Waals surface area contributed by atoms with Gasteiger partial charge >= 0.3 is 12.2 Å². The van der Waals surface area contributed by atoms with Gasteiger partial charge < -0.3 is 9.80 Å². The summed E-state index contributed by atoms with van der Waals surface area (Å²) in [6.07, 6.45) is -1.48. The second-order valence-corrected chi connectivity index (χ2v) is 11.8. The lowest BCUT2D eigenvalue weighted by molar-refractivity contribution is -0.140. The molecule has 1 aliphatic carbocycles. The van der Waals surface area contributed by atoms with Gasteiger partial charge in [-0.2, -0.15) is 13.2 Å². The van der Waals surface area contributed by atoms with Crippen LogP contribution in [0.15, 0.2) is 5.38 Å². The molecule has 1 N–H and O–H groups in total. The number of alkyl halides is 3. The summed E-state index contributed by atoms with van der Waals surface area (Å²) in [6, 6.07) is -0.0504. The lowest BCUT2D eigenvalue weighted by Crippen LogP contribution is -2.73. The Morgan fingerprint density at radius 2 is 1.90 bits per heavy atom. The molecule has 0 aromatic carbocycles. The Morgan fingerprint density at radius 3 is 2.45 bits per heavy atom. The van der Waals surface area contributed by atoms with Gasteiger partial charge in [0.1, 0.15) is 0 Å². The maximum atomic E-state index is 12.6. The minimum Gasteiger partial charge on any atom is -0.323 e. The lowest BCUT2D eigenvalue weighted by atomic mass is 9.57. The number of halogens is 3. The summed E-state index contributed by atoms with van der Waals surface area (Å²) in [6.45, 7) is 2.18. The van der Waals surface area contributed by atoms with E-state index in [-0.39, 0.29) is 17.2 Å². The van der Waals surface area contributed by atoms with Gasteiger partial charge in [0.05, 0.1) is 16.3 Å². The third-order valence-electron chi connectivity index (χ3n) is 6.55. The van der Waals surface area contributed by atoms with Crippen LogP contribution in [-0.4, -0.2) is 66.7 Å². The number of amides is 2. The van der Waals surface area contributed by atoms with E-state index >= 15 is 0 Å². The number of carbonyl (C=O) groups is 1. The van der Waals surface area contributed by atoms with Crippen LogP contribution in [0.5, 0.6) is 0 Å². The second kappa shape index (κ2) is 6.07. The van der Waals surface area contributed by atoms with Crippen molar-refractivity contribution in [2.75, 3.05) is 31.9 Å². The Labute approximate surface area is 170 Å². The Hall–Kier alpha value is -1.40. The maximum absolute atomic E-state index is 12.6. The monoisotopic (exact) mass is 450 g/mol. The summed E-state index contributed by atoms with van der Waals surface area (Å²) in [4.78, 5) is 19.7. The molecule has 4 aliphatic rings. The van der Waals surface area contributed by atoms with E-state index in [0.29, 0.717) is 49.9 Å². The van der Waals surface area contributed by atoms with E-state index in [0.717, 1.165) is 29.6 Å². The summed E-state index contributed by atoms with van der Waals surface area (Å²) >= 11 is 1.06. The summed E-state index contributed by atoms with van der Waals surface area (Å²) in [5.41, 5.74) is -1.19. The van der Waals surface area contributed by atoms with Crippen molar-refractivity contribution in [2.45, 2.75) is 37.4 Å². The molecule has 3 saturated heterocycles. The fourth-order valence-electron chi connectivity index (χ4n) is 5.25. The van der Waals surface area contributed by atoms with Crippen LogP contribution in [0.2, 0.25) is 0 Å². The van der Waals surface area contributed by atoms with Gasteiger partial charge in [0.15, 0.2) is 5.69 Å². The first-order chi connectivity index (χ1) is 13.5. The topological polar surface area (TPSA) is 82.6 Å². The summed E-state index contributed by atoms with van der Waals surface area (Å²) in [7, 11) is -3.20. The smallest absolute Gasteiger partial charge is 0.323 e. The van der Waals surface area contributed by atoms with Crippen LogP contribution in [0, 0.1) is 11.3 Å². The van der Waals surface area contributed by atoms with E-state index in [4.69, 9.17) is 0 Å². The van der Waals surface area contributed by atoms with Crippen molar-refractivity contribution in [3.8, 4) is 0 Å². The second-order valence-electron chi connectivity index (χ2n) is 9.05. The quantitative estimate of drug-likeness (QED) is 0.746. The van der Waals surface area contributed by atoms with Crippen LogP contribution >= 0.6 is 11.3 Å². The first kappa shape index (κ1) is 19.6. The van der Waals surface area contributed by atoms with Gasteiger partial charge in [0.2, 0.25) is 10.0 Å². The molecule has 7 nitrogen and oxygen atoms in total. The maximum Gasteiger partial charge on any atom is 0.434 e. The number of urea groups is 1. The van der Waals surface area contributed by atoms with Crippen LogP contribution in [0.3, 0.4) is 0 Å². The lowest BCUT2D eigenvalue weighted by Gasteiger charge is -2.61. The zero-order chi connectivity index (χ0) is 20.7. The molecule has 4 fully saturated rings. The van der Waals surface area contributed by atoms with E-state index in [1.807, 2.05) is 0 Å². The number of carbonyl (C=O) groups excluding carboxylic acids is 1.